The number of allylic oxidation sites excluding steroid dienone is 1. The fourth-order valence-electron chi connectivity index (χ4n) is 1.95. The van der Waals surface area contributed by atoms with Crippen LogP contribution in [0.1, 0.15) is 19.3 Å². The Hall–Kier alpha value is 0.100. The van der Waals surface area contributed by atoms with Gasteiger partial charge in [0.15, 0.2) is 0 Å². The van der Waals surface area contributed by atoms with Crippen LogP contribution < -0.4 is 0 Å². The minimum absolute atomic E-state index is 0.633. The maximum absolute atomic E-state index is 4.45. The number of hydrogen-bond donors (Lipinski definition) is 0. The predicted molar refractivity (Wildman–Crippen MR) is 59.8 cm³/mol. The van der Waals surface area contributed by atoms with Crippen LogP contribution in [0.25, 0.3) is 0 Å². The molecule has 12 heavy (non-hydrogen) atoms. The van der Waals surface area contributed by atoms with Crippen molar-refractivity contribution in [1.29, 1.82) is 0 Å². The van der Waals surface area contributed by atoms with Gasteiger partial charge in [-0.05, 0) is 49.0 Å². The molecular weight excluding hydrogens is 263 g/mol. The van der Waals surface area contributed by atoms with E-state index in [9.17, 15) is 0 Å². The molecule has 1 fully saturated rings. The maximum atomic E-state index is 4.45. The molecule has 2 heterocycles. The minimum Gasteiger partial charge on any atom is -0.298 e. The van der Waals surface area contributed by atoms with Crippen molar-refractivity contribution < 1.29 is 0 Å². The number of hydrogen-bond acceptors (Lipinski definition) is 2. The van der Waals surface area contributed by atoms with Gasteiger partial charge in [0, 0.05) is 28.0 Å². The zero-order chi connectivity index (χ0) is 8.55. The van der Waals surface area contributed by atoms with Crippen LogP contribution in [0, 0.1) is 0 Å². The molecule has 1 saturated heterocycles. The zero-order valence-electron chi connectivity index (χ0n) is 7.26. The molecular formula is C9H13IN2. The van der Waals surface area contributed by atoms with Gasteiger partial charge in [0.25, 0.3) is 0 Å². The molecule has 0 spiro atoms. The number of nitrogens with zero attached hydrogens (tertiary/aromatic N) is 2. The average molecular weight is 276 g/mol. The summed E-state index contributed by atoms with van der Waals surface area (Å²) in [5.41, 5.74) is 1.37. The Morgan fingerprint density at radius 2 is 2.50 bits per heavy atom. The van der Waals surface area contributed by atoms with Gasteiger partial charge in [0.2, 0.25) is 0 Å². The minimum atomic E-state index is 0.633. The zero-order valence-corrected chi connectivity index (χ0v) is 9.41. The first-order valence-corrected chi connectivity index (χ1v) is 5.46. The summed E-state index contributed by atoms with van der Waals surface area (Å²) in [5, 5.41) is 0. The van der Waals surface area contributed by atoms with Crippen molar-refractivity contribution in [2.24, 2.45) is 4.99 Å². The van der Waals surface area contributed by atoms with Crippen LogP contribution in [0.4, 0.5) is 0 Å². The number of rotatable bonds is 1. The summed E-state index contributed by atoms with van der Waals surface area (Å²) < 4.78 is 1.38. The fourth-order valence-corrected chi connectivity index (χ4v) is 2.48. The Morgan fingerprint density at radius 3 is 3.00 bits per heavy atom. The number of halogens is 1. The van der Waals surface area contributed by atoms with E-state index < -0.39 is 0 Å². The van der Waals surface area contributed by atoms with Crippen molar-refractivity contribution in [2.75, 3.05) is 13.6 Å². The maximum Gasteiger partial charge on any atom is 0.0482 e. The lowest BCUT2D eigenvalue weighted by Crippen LogP contribution is -2.32. The monoisotopic (exact) mass is 276 g/mol. The molecule has 0 aromatic heterocycles. The van der Waals surface area contributed by atoms with E-state index in [1.165, 1.54) is 28.7 Å². The molecule has 0 unspecified atom stereocenters. The van der Waals surface area contributed by atoms with Gasteiger partial charge in [-0.25, -0.2) is 0 Å². The van der Waals surface area contributed by atoms with Crippen molar-refractivity contribution in [3.05, 3.63) is 9.78 Å². The van der Waals surface area contributed by atoms with E-state index in [-0.39, 0.29) is 0 Å². The van der Waals surface area contributed by atoms with Crippen LogP contribution in [-0.4, -0.2) is 30.2 Å². The predicted octanol–water partition coefficient (Wildman–Crippen LogP) is 2.20. The molecule has 3 heteroatoms. The molecule has 0 saturated carbocycles. The van der Waals surface area contributed by atoms with Crippen LogP contribution in [0.15, 0.2) is 14.8 Å². The van der Waals surface area contributed by atoms with E-state index in [2.05, 4.69) is 39.5 Å². The summed E-state index contributed by atoms with van der Waals surface area (Å²) >= 11 is 2.37. The fraction of sp³-hybridized carbons (Fsp3) is 0.667. The Bertz CT molecular complexity index is 245. The highest BCUT2D eigenvalue weighted by Gasteiger charge is 2.27. The van der Waals surface area contributed by atoms with Crippen LogP contribution in [0.3, 0.4) is 0 Å². The second-order valence-electron chi connectivity index (χ2n) is 3.51. The summed E-state index contributed by atoms with van der Waals surface area (Å²) in [7, 11) is 2.20. The molecule has 2 nitrogen and oxygen atoms in total. The van der Waals surface area contributed by atoms with Gasteiger partial charge in [-0.1, -0.05) is 0 Å². The highest BCUT2D eigenvalue weighted by molar-refractivity contribution is 14.1. The van der Waals surface area contributed by atoms with E-state index in [0.717, 1.165) is 6.42 Å². The highest BCUT2D eigenvalue weighted by Crippen LogP contribution is 2.25. The van der Waals surface area contributed by atoms with Gasteiger partial charge in [0.05, 0.1) is 0 Å². The number of likely N-dealkylation sites (tertiary alicyclic amines) is 1. The summed E-state index contributed by atoms with van der Waals surface area (Å²) in [6.45, 7) is 1.24. The Kier molecular flexibility index (Phi) is 2.50. The van der Waals surface area contributed by atoms with Gasteiger partial charge < -0.3 is 0 Å². The van der Waals surface area contributed by atoms with E-state index in [1.807, 2.05) is 6.20 Å². The van der Waals surface area contributed by atoms with E-state index in [4.69, 9.17) is 0 Å². The quantitative estimate of drug-likeness (QED) is 0.670. The third-order valence-electron chi connectivity index (χ3n) is 2.63. The molecule has 0 aromatic carbocycles. The second-order valence-corrected chi connectivity index (χ2v) is 4.90. The van der Waals surface area contributed by atoms with Crippen molar-refractivity contribution >= 4 is 28.3 Å². The molecule has 2 rings (SSSR count). The molecule has 0 aromatic rings. The molecule has 66 valence electrons. The first-order chi connectivity index (χ1) is 5.77. The van der Waals surface area contributed by atoms with Gasteiger partial charge in [0.1, 0.15) is 0 Å². The van der Waals surface area contributed by atoms with Crippen molar-refractivity contribution in [1.82, 2.24) is 4.90 Å². The third kappa shape index (κ3) is 1.57. The van der Waals surface area contributed by atoms with E-state index >= 15 is 0 Å². The van der Waals surface area contributed by atoms with Crippen LogP contribution in [-0.2, 0) is 0 Å². The molecule has 2 aliphatic rings. The second kappa shape index (κ2) is 3.46. The van der Waals surface area contributed by atoms with Gasteiger partial charge in [-0.15, -0.1) is 0 Å². The SMILES string of the molecule is CN1CCC[C@H]1C1=NC=C(I)C1. The first-order valence-electron chi connectivity index (χ1n) is 4.39. The highest BCUT2D eigenvalue weighted by atomic mass is 127. The summed E-state index contributed by atoms with van der Waals surface area (Å²) in [5.74, 6) is 0. The first kappa shape index (κ1) is 8.69. The van der Waals surface area contributed by atoms with E-state index in [0.29, 0.717) is 6.04 Å². The molecule has 1 atom stereocenters. The Morgan fingerprint density at radius 1 is 1.67 bits per heavy atom. The Balaban J connectivity index is 2.03. The average Bonchev–Trinajstić information content (AvgIpc) is 2.58. The van der Waals surface area contributed by atoms with Gasteiger partial charge in [-0.2, -0.15) is 0 Å². The summed E-state index contributed by atoms with van der Waals surface area (Å²) in [6.07, 6.45) is 5.72. The van der Waals surface area contributed by atoms with Crippen LogP contribution >= 0.6 is 22.6 Å². The van der Waals surface area contributed by atoms with Crippen molar-refractivity contribution in [3.63, 3.8) is 0 Å². The van der Waals surface area contributed by atoms with Crippen LogP contribution in [0.5, 0.6) is 0 Å². The molecule has 0 N–H and O–H groups in total. The summed E-state index contributed by atoms with van der Waals surface area (Å²) in [4.78, 5) is 6.87. The third-order valence-corrected chi connectivity index (χ3v) is 3.29. The normalized spacial score (nSPS) is 30.7. The molecule has 0 radical (unpaired) electrons. The smallest absolute Gasteiger partial charge is 0.0482 e. The largest absolute Gasteiger partial charge is 0.298 e. The summed E-state index contributed by atoms with van der Waals surface area (Å²) in [6, 6.07) is 0.633. The molecule has 0 aliphatic carbocycles. The topological polar surface area (TPSA) is 15.6 Å². The van der Waals surface area contributed by atoms with Gasteiger partial charge >= 0.3 is 0 Å². The lowest BCUT2D eigenvalue weighted by atomic mass is 10.1. The van der Waals surface area contributed by atoms with Gasteiger partial charge in [-0.3, -0.25) is 9.89 Å². The standard InChI is InChI=1S/C9H13IN2/c1-12-4-2-3-9(12)8-5-7(10)6-11-8/h6,9H,2-5H2,1H3/t9-/m0/s1. The molecule has 2 aliphatic heterocycles. The molecule has 0 amide bonds. The van der Waals surface area contributed by atoms with Crippen LogP contribution in [0.2, 0.25) is 0 Å². The lowest BCUT2D eigenvalue weighted by molar-refractivity contribution is 0.371. The van der Waals surface area contributed by atoms with Crippen molar-refractivity contribution in [2.45, 2.75) is 25.3 Å². The Labute approximate surface area is 86.9 Å². The van der Waals surface area contributed by atoms with Crippen molar-refractivity contribution in [3.8, 4) is 0 Å². The van der Waals surface area contributed by atoms with E-state index in [1.54, 1.807) is 0 Å². The lowest BCUT2D eigenvalue weighted by Gasteiger charge is -2.19. The molecule has 0 bridgehead atoms. The number of aliphatic imine (C=N–C) groups is 1.